The first-order chi connectivity index (χ1) is 12.3. The minimum atomic E-state index is -3.38. The van der Waals surface area contributed by atoms with Crippen molar-refractivity contribution in [3.63, 3.8) is 0 Å². The van der Waals surface area contributed by atoms with Gasteiger partial charge in [0.1, 0.15) is 0 Å². The largest absolute Gasteiger partial charge is 0.345 e. The van der Waals surface area contributed by atoms with E-state index in [0.717, 1.165) is 6.26 Å². The van der Waals surface area contributed by atoms with E-state index in [9.17, 15) is 18.0 Å². The van der Waals surface area contributed by atoms with E-state index in [-0.39, 0.29) is 17.9 Å². The van der Waals surface area contributed by atoms with Gasteiger partial charge in [0, 0.05) is 12.2 Å². The maximum Gasteiger partial charge on any atom is 0.287 e. The van der Waals surface area contributed by atoms with E-state index in [2.05, 4.69) is 20.0 Å². The van der Waals surface area contributed by atoms with Gasteiger partial charge in [0.15, 0.2) is 5.82 Å². The average Bonchev–Trinajstić information content (AvgIpc) is 2.58. The van der Waals surface area contributed by atoms with Crippen molar-refractivity contribution in [1.82, 2.24) is 15.3 Å². The molecule has 8 nitrogen and oxygen atoms in total. The molecule has 0 radical (unpaired) electrons. The van der Waals surface area contributed by atoms with E-state index in [1.54, 1.807) is 48.5 Å². The zero-order valence-electron chi connectivity index (χ0n) is 13.8. The quantitative estimate of drug-likeness (QED) is 0.622. The Morgan fingerprint density at radius 3 is 2.69 bits per heavy atom. The maximum absolute atomic E-state index is 12.3. The number of benzene rings is 2. The minimum Gasteiger partial charge on any atom is -0.345 e. The fraction of sp³-hybridized carbons (Fsp3) is 0.118. The lowest BCUT2D eigenvalue weighted by Crippen LogP contribution is -2.27. The molecule has 1 amide bonds. The Bertz CT molecular complexity index is 1140. The van der Waals surface area contributed by atoms with Crippen LogP contribution in [0, 0.1) is 0 Å². The molecule has 0 aliphatic carbocycles. The van der Waals surface area contributed by atoms with Gasteiger partial charge in [0.25, 0.3) is 11.5 Å². The highest BCUT2D eigenvalue weighted by atomic mass is 32.2. The monoisotopic (exact) mass is 372 g/mol. The van der Waals surface area contributed by atoms with E-state index < -0.39 is 15.9 Å². The van der Waals surface area contributed by atoms with Crippen molar-refractivity contribution < 1.29 is 13.2 Å². The van der Waals surface area contributed by atoms with Crippen molar-refractivity contribution in [2.45, 2.75) is 6.54 Å². The molecule has 9 heteroatoms. The molecule has 0 fully saturated rings. The number of carbonyl (C=O) groups is 1. The first-order valence-electron chi connectivity index (χ1n) is 7.66. The molecule has 0 aliphatic rings. The number of fused-ring (bicyclic) bond motifs is 1. The van der Waals surface area contributed by atoms with Crippen molar-refractivity contribution in [2.24, 2.45) is 0 Å². The van der Waals surface area contributed by atoms with Crippen LogP contribution in [0.1, 0.15) is 16.2 Å². The van der Waals surface area contributed by atoms with Gasteiger partial charge >= 0.3 is 0 Å². The molecule has 1 heterocycles. The highest BCUT2D eigenvalue weighted by molar-refractivity contribution is 7.92. The van der Waals surface area contributed by atoms with Crippen molar-refractivity contribution >= 4 is 32.5 Å². The molecule has 0 saturated heterocycles. The smallest absolute Gasteiger partial charge is 0.287 e. The van der Waals surface area contributed by atoms with Gasteiger partial charge < -0.3 is 10.3 Å². The fourth-order valence-electron chi connectivity index (χ4n) is 2.42. The third kappa shape index (κ3) is 4.25. The number of carbonyl (C=O) groups excluding carboxylic acids is 1. The molecule has 26 heavy (non-hydrogen) atoms. The topological polar surface area (TPSA) is 121 Å². The second kappa shape index (κ2) is 6.96. The van der Waals surface area contributed by atoms with E-state index in [1.165, 1.54) is 0 Å². The molecule has 2 aromatic carbocycles. The number of nitrogens with one attached hydrogen (secondary N) is 3. The number of hydrogen-bond acceptors (Lipinski definition) is 5. The Balaban J connectivity index is 1.75. The van der Waals surface area contributed by atoms with Gasteiger partial charge in [0.2, 0.25) is 10.0 Å². The summed E-state index contributed by atoms with van der Waals surface area (Å²) in [7, 11) is -3.38. The van der Waals surface area contributed by atoms with Crippen LogP contribution in [0.25, 0.3) is 10.9 Å². The SMILES string of the molecule is CS(=O)(=O)Nc1cccc(CNC(=O)c2nc3ccccc3c(=O)[nH]2)c1. The molecule has 3 aromatic rings. The Kier molecular flexibility index (Phi) is 4.72. The summed E-state index contributed by atoms with van der Waals surface area (Å²) in [6.07, 6.45) is 1.06. The Morgan fingerprint density at radius 1 is 1.15 bits per heavy atom. The second-order valence-corrected chi connectivity index (χ2v) is 7.44. The van der Waals surface area contributed by atoms with Crippen molar-refractivity contribution in [3.8, 4) is 0 Å². The summed E-state index contributed by atoms with van der Waals surface area (Å²) >= 11 is 0. The van der Waals surface area contributed by atoms with Crippen LogP contribution in [0.5, 0.6) is 0 Å². The van der Waals surface area contributed by atoms with Crippen molar-refractivity contribution in [2.75, 3.05) is 11.0 Å². The van der Waals surface area contributed by atoms with Gasteiger partial charge in [-0.1, -0.05) is 24.3 Å². The summed E-state index contributed by atoms with van der Waals surface area (Å²) < 4.78 is 24.9. The molecule has 0 bridgehead atoms. The highest BCUT2D eigenvalue weighted by Crippen LogP contribution is 2.12. The molecule has 0 saturated carbocycles. The van der Waals surface area contributed by atoms with Crippen LogP contribution in [0.15, 0.2) is 53.3 Å². The van der Waals surface area contributed by atoms with Crippen molar-refractivity contribution in [1.29, 1.82) is 0 Å². The molecule has 3 N–H and O–H groups in total. The number of nitrogens with zero attached hydrogens (tertiary/aromatic N) is 1. The number of amides is 1. The van der Waals surface area contributed by atoms with Crippen LogP contribution < -0.4 is 15.6 Å². The van der Waals surface area contributed by atoms with Crippen LogP contribution in [-0.2, 0) is 16.6 Å². The van der Waals surface area contributed by atoms with Crippen LogP contribution in [-0.4, -0.2) is 30.5 Å². The van der Waals surface area contributed by atoms with Gasteiger partial charge in [-0.25, -0.2) is 13.4 Å². The lowest BCUT2D eigenvalue weighted by molar-refractivity contribution is 0.0940. The number of hydrogen-bond donors (Lipinski definition) is 3. The summed E-state index contributed by atoms with van der Waals surface area (Å²) in [5.74, 6) is -0.617. The molecule has 0 atom stereocenters. The summed E-state index contributed by atoms with van der Waals surface area (Å²) in [4.78, 5) is 30.9. The van der Waals surface area contributed by atoms with Crippen LogP contribution in [0.3, 0.4) is 0 Å². The van der Waals surface area contributed by atoms with Crippen LogP contribution in [0.4, 0.5) is 5.69 Å². The lowest BCUT2D eigenvalue weighted by Gasteiger charge is -2.08. The summed E-state index contributed by atoms with van der Waals surface area (Å²) in [5, 5.41) is 3.05. The summed E-state index contributed by atoms with van der Waals surface area (Å²) in [6.45, 7) is 0.147. The second-order valence-electron chi connectivity index (χ2n) is 5.69. The third-order valence-electron chi connectivity index (χ3n) is 3.51. The molecular weight excluding hydrogens is 356 g/mol. The number of sulfonamides is 1. The highest BCUT2D eigenvalue weighted by Gasteiger charge is 2.11. The lowest BCUT2D eigenvalue weighted by atomic mass is 10.2. The number of aromatic amines is 1. The van der Waals surface area contributed by atoms with Gasteiger partial charge in [-0.05, 0) is 29.8 Å². The molecule has 0 unspecified atom stereocenters. The average molecular weight is 372 g/mol. The Morgan fingerprint density at radius 2 is 1.92 bits per heavy atom. The van der Waals surface area contributed by atoms with E-state index in [1.807, 2.05) is 0 Å². The molecule has 1 aromatic heterocycles. The number of aromatic nitrogens is 2. The maximum atomic E-state index is 12.3. The molecule has 3 rings (SSSR count). The molecule has 0 aliphatic heterocycles. The van der Waals surface area contributed by atoms with E-state index >= 15 is 0 Å². The van der Waals surface area contributed by atoms with E-state index in [0.29, 0.717) is 22.2 Å². The number of rotatable bonds is 5. The van der Waals surface area contributed by atoms with E-state index in [4.69, 9.17) is 0 Å². The zero-order chi connectivity index (χ0) is 18.7. The predicted octanol–water partition coefficient (Wildman–Crippen LogP) is 1.22. The fourth-order valence-corrected chi connectivity index (χ4v) is 2.97. The number of anilines is 1. The van der Waals surface area contributed by atoms with Crippen molar-refractivity contribution in [3.05, 3.63) is 70.3 Å². The summed E-state index contributed by atoms with van der Waals surface area (Å²) in [6, 6.07) is 13.4. The number of para-hydroxylation sites is 1. The third-order valence-corrected chi connectivity index (χ3v) is 4.12. The first-order valence-corrected chi connectivity index (χ1v) is 9.55. The summed E-state index contributed by atoms with van der Waals surface area (Å²) in [5.41, 5.74) is 1.13. The number of H-pyrrole nitrogens is 1. The molecule has 134 valence electrons. The minimum absolute atomic E-state index is 0.0842. The molecule has 0 spiro atoms. The van der Waals surface area contributed by atoms with Crippen LogP contribution in [0.2, 0.25) is 0 Å². The molecular formula is C17H16N4O4S. The van der Waals surface area contributed by atoms with Crippen LogP contribution >= 0.6 is 0 Å². The normalized spacial score (nSPS) is 11.3. The van der Waals surface area contributed by atoms with Gasteiger partial charge in [-0.15, -0.1) is 0 Å². The zero-order valence-corrected chi connectivity index (χ0v) is 14.6. The van der Waals surface area contributed by atoms with Gasteiger partial charge in [-0.3, -0.25) is 14.3 Å². The Labute approximate surface area is 149 Å². The predicted molar refractivity (Wildman–Crippen MR) is 98.4 cm³/mol. The van der Waals surface area contributed by atoms with Gasteiger partial charge in [-0.2, -0.15) is 0 Å². The standard InChI is InChI=1S/C17H16N4O4S/c1-26(24,25)21-12-6-4-5-11(9-12)10-18-17(23)15-19-14-8-3-2-7-13(14)16(22)20-15/h2-9,21H,10H2,1H3,(H,18,23)(H,19,20,22). The first kappa shape index (κ1) is 17.6. The Hall–Kier alpha value is -3.20. The van der Waals surface area contributed by atoms with Gasteiger partial charge in [0.05, 0.1) is 17.2 Å².